The van der Waals surface area contributed by atoms with E-state index in [1.54, 1.807) is 13.2 Å². The number of hydrogen-bond donors (Lipinski definition) is 3. The molecule has 1 aromatic carbocycles. The van der Waals surface area contributed by atoms with Crippen LogP contribution in [0.5, 0.6) is 0 Å². The molecule has 1 unspecified atom stereocenters. The topological polar surface area (TPSA) is 73.3 Å². The van der Waals surface area contributed by atoms with E-state index in [0.717, 1.165) is 12.8 Å². The molecule has 0 bridgehead atoms. The number of halogens is 1. The Morgan fingerprint density at radius 1 is 1.50 bits per heavy atom. The lowest BCUT2D eigenvalue weighted by atomic mass is 10.0. The fraction of sp³-hybridized carbons (Fsp3) is 0.455. The predicted molar refractivity (Wildman–Crippen MR) is 62.0 cm³/mol. The van der Waals surface area contributed by atoms with E-state index in [0.29, 0.717) is 17.9 Å². The monoisotopic (exact) mass is 227 g/mol. The highest BCUT2D eigenvalue weighted by Gasteiger charge is 2.13. The summed E-state index contributed by atoms with van der Waals surface area (Å²) in [5.41, 5.74) is 9.66. The second-order valence-corrected chi connectivity index (χ2v) is 3.63. The molecule has 0 radical (unpaired) electrons. The molecule has 0 fully saturated rings. The number of rotatable bonds is 6. The van der Waals surface area contributed by atoms with Gasteiger partial charge >= 0.3 is 0 Å². The van der Waals surface area contributed by atoms with Gasteiger partial charge in [-0.15, -0.1) is 0 Å². The molecule has 0 aliphatic carbocycles. The van der Waals surface area contributed by atoms with Crippen LogP contribution in [0.15, 0.2) is 18.2 Å². The van der Waals surface area contributed by atoms with Crippen LogP contribution in [0.3, 0.4) is 0 Å². The third-order valence-electron chi connectivity index (χ3n) is 2.47. The molecule has 0 saturated carbocycles. The molecule has 0 saturated heterocycles. The van der Waals surface area contributed by atoms with Crippen molar-refractivity contribution < 1.29 is 9.13 Å². The molecule has 4 nitrogen and oxygen atoms in total. The molecule has 1 atom stereocenters. The Balaban J connectivity index is 2.73. The van der Waals surface area contributed by atoms with Crippen LogP contribution in [0.25, 0.3) is 0 Å². The van der Waals surface area contributed by atoms with Gasteiger partial charge < -0.3 is 10.5 Å². The van der Waals surface area contributed by atoms with E-state index in [2.05, 4.69) is 5.43 Å². The first kappa shape index (κ1) is 12.9. The number of methoxy groups -OCH3 is 1. The van der Waals surface area contributed by atoms with Crippen LogP contribution in [0, 0.1) is 5.82 Å². The highest BCUT2D eigenvalue weighted by molar-refractivity contribution is 5.48. The second-order valence-electron chi connectivity index (χ2n) is 3.63. The van der Waals surface area contributed by atoms with Crippen molar-refractivity contribution in [2.24, 2.45) is 5.84 Å². The molecule has 0 amide bonds. The number of ether oxygens (including phenoxy) is 1. The molecule has 5 N–H and O–H groups in total. The largest absolute Gasteiger partial charge is 0.398 e. The van der Waals surface area contributed by atoms with E-state index < -0.39 is 0 Å². The van der Waals surface area contributed by atoms with E-state index in [-0.39, 0.29) is 11.9 Å². The summed E-state index contributed by atoms with van der Waals surface area (Å²) in [5, 5.41) is 0. The minimum atomic E-state index is -0.309. The normalized spacial score (nSPS) is 12.7. The average molecular weight is 227 g/mol. The van der Waals surface area contributed by atoms with Gasteiger partial charge in [-0.1, -0.05) is 0 Å². The van der Waals surface area contributed by atoms with E-state index in [9.17, 15) is 4.39 Å². The zero-order valence-electron chi connectivity index (χ0n) is 9.37. The lowest BCUT2D eigenvalue weighted by molar-refractivity contribution is 0.189. The van der Waals surface area contributed by atoms with Crippen molar-refractivity contribution in [2.75, 3.05) is 19.5 Å². The lowest BCUT2D eigenvalue weighted by Gasteiger charge is -2.18. The van der Waals surface area contributed by atoms with Gasteiger partial charge in [0.1, 0.15) is 5.82 Å². The number of benzene rings is 1. The van der Waals surface area contributed by atoms with Crippen LogP contribution in [0.1, 0.15) is 24.4 Å². The van der Waals surface area contributed by atoms with Crippen molar-refractivity contribution in [3.63, 3.8) is 0 Å². The van der Waals surface area contributed by atoms with Gasteiger partial charge in [-0.05, 0) is 36.6 Å². The molecule has 0 heterocycles. The number of nitrogens with two attached hydrogens (primary N) is 2. The van der Waals surface area contributed by atoms with Gasteiger partial charge in [0.2, 0.25) is 0 Å². The lowest BCUT2D eigenvalue weighted by Crippen LogP contribution is -2.29. The van der Waals surface area contributed by atoms with E-state index in [1.165, 1.54) is 12.1 Å². The van der Waals surface area contributed by atoms with Gasteiger partial charge in [-0.2, -0.15) is 0 Å². The molecular formula is C11H18FN3O. The number of nitrogens with one attached hydrogen (secondary N) is 1. The van der Waals surface area contributed by atoms with E-state index in [1.807, 2.05) is 0 Å². The third kappa shape index (κ3) is 3.44. The fourth-order valence-electron chi connectivity index (χ4n) is 1.61. The van der Waals surface area contributed by atoms with Crippen LogP contribution in [-0.4, -0.2) is 13.7 Å². The first-order chi connectivity index (χ1) is 7.69. The van der Waals surface area contributed by atoms with Crippen molar-refractivity contribution in [3.8, 4) is 0 Å². The quantitative estimate of drug-likeness (QED) is 0.297. The molecule has 1 aromatic rings. The highest BCUT2D eigenvalue weighted by atomic mass is 19.1. The summed E-state index contributed by atoms with van der Waals surface area (Å²) in [6.45, 7) is 0.646. The maximum atomic E-state index is 13.1. The number of nitrogen functional groups attached to an aromatic ring is 1. The first-order valence-corrected chi connectivity index (χ1v) is 5.19. The molecule has 0 aliphatic rings. The van der Waals surface area contributed by atoms with Crippen LogP contribution in [0.2, 0.25) is 0 Å². The summed E-state index contributed by atoms with van der Waals surface area (Å²) >= 11 is 0. The Morgan fingerprint density at radius 2 is 2.25 bits per heavy atom. The second kappa shape index (κ2) is 6.42. The molecule has 0 aliphatic heterocycles. The van der Waals surface area contributed by atoms with Gasteiger partial charge in [0, 0.05) is 25.4 Å². The molecule has 0 aromatic heterocycles. The van der Waals surface area contributed by atoms with Gasteiger partial charge in [-0.3, -0.25) is 11.3 Å². The molecule has 16 heavy (non-hydrogen) atoms. The van der Waals surface area contributed by atoms with Crippen molar-refractivity contribution in [3.05, 3.63) is 29.6 Å². The Kier molecular flexibility index (Phi) is 5.18. The standard InChI is InChI=1S/C11H18FN3O/c1-16-6-2-3-11(15-14)9-7-8(12)4-5-10(9)13/h4-5,7,11,15H,2-3,6,13-14H2,1H3. The summed E-state index contributed by atoms with van der Waals surface area (Å²) in [5.74, 6) is 5.13. The van der Waals surface area contributed by atoms with Crippen molar-refractivity contribution in [1.29, 1.82) is 0 Å². The highest BCUT2D eigenvalue weighted by Crippen LogP contribution is 2.24. The zero-order chi connectivity index (χ0) is 12.0. The fourth-order valence-corrected chi connectivity index (χ4v) is 1.61. The summed E-state index contributed by atoms with van der Waals surface area (Å²) in [7, 11) is 1.64. The van der Waals surface area contributed by atoms with Crippen molar-refractivity contribution in [2.45, 2.75) is 18.9 Å². The first-order valence-electron chi connectivity index (χ1n) is 5.19. The smallest absolute Gasteiger partial charge is 0.123 e. The van der Waals surface area contributed by atoms with Gasteiger partial charge in [0.15, 0.2) is 0 Å². The zero-order valence-corrected chi connectivity index (χ0v) is 9.37. The Labute approximate surface area is 94.7 Å². The minimum Gasteiger partial charge on any atom is -0.398 e. The van der Waals surface area contributed by atoms with Crippen LogP contribution < -0.4 is 17.0 Å². The number of hydrogen-bond acceptors (Lipinski definition) is 4. The maximum Gasteiger partial charge on any atom is 0.123 e. The van der Waals surface area contributed by atoms with Gasteiger partial charge in [0.25, 0.3) is 0 Å². The van der Waals surface area contributed by atoms with Crippen LogP contribution in [0.4, 0.5) is 10.1 Å². The SMILES string of the molecule is COCCCC(NN)c1cc(F)ccc1N. The minimum absolute atomic E-state index is 0.147. The summed E-state index contributed by atoms with van der Waals surface area (Å²) in [6, 6.07) is 4.14. The Bertz CT molecular complexity index is 333. The van der Waals surface area contributed by atoms with Crippen molar-refractivity contribution in [1.82, 2.24) is 5.43 Å². The molecule has 5 heteroatoms. The van der Waals surface area contributed by atoms with Gasteiger partial charge in [-0.25, -0.2) is 4.39 Å². The summed E-state index contributed by atoms with van der Waals surface area (Å²) in [4.78, 5) is 0. The Morgan fingerprint density at radius 3 is 2.88 bits per heavy atom. The number of hydrazine groups is 1. The predicted octanol–water partition coefficient (Wildman–Crippen LogP) is 1.34. The molecule has 1 rings (SSSR count). The molecule has 90 valence electrons. The summed E-state index contributed by atoms with van der Waals surface area (Å²) in [6.07, 6.45) is 1.58. The van der Waals surface area contributed by atoms with Crippen LogP contribution >= 0.6 is 0 Å². The third-order valence-corrected chi connectivity index (χ3v) is 2.47. The molecular weight excluding hydrogens is 209 g/mol. The van der Waals surface area contributed by atoms with Gasteiger partial charge in [0.05, 0.1) is 0 Å². The maximum absolute atomic E-state index is 13.1. The molecule has 0 spiro atoms. The average Bonchev–Trinajstić information content (AvgIpc) is 2.28. The van der Waals surface area contributed by atoms with E-state index >= 15 is 0 Å². The Hall–Kier alpha value is -1.17. The summed E-state index contributed by atoms with van der Waals surface area (Å²) < 4.78 is 18.0. The van der Waals surface area contributed by atoms with E-state index in [4.69, 9.17) is 16.3 Å². The number of anilines is 1. The van der Waals surface area contributed by atoms with Crippen molar-refractivity contribution >= 4 is 5.69 Å². The van der Waals surface area contributed by atoms with Crippen LogP contribution in [-0.2, 0) is 4.74 Å².